The summed E-state index contributed by atoms with van der Waals surface area (Å²) in [5.74, 6) is 1.72. The number of likely N-dealkylation sites (tertiary alicyclic amines) is 1. The minimum Gasteiger partial charge on any atom is -0.356 e. The van der Waals surface area contributed by atoms with Gasteiger partial charge in [0.25, 0.3) is 0 Å². The Labute approximate surface area is 142 Å². The van der Waals surface area contributed by atoms with E-state index in [1.165, 1.54) is 51.6 Å². The summed E-state index contributed by atoms with van der Waals surface area (Å²) in [5, 5.41) is 6.87. The third kappa shape index (κ3) is 9.00. The van der Waals surface area contributed by atoms with Crippen molar-refractivity contribution < 1.29 is 0 Å². The average Bonchev–Trinajstić information content (AvgIpc) is 2.42. The van der Waals surface area contributed by atoms with Gasteiger partial charge in [0.1, 0.15) is 0 Å². The van der Waals surface area contributed by atoms with Crippen molar-refractivity contribution in [2.24, 2.45) is 10.9 Å². The summed E-state index contributed by atoms with van der Waals surface area (Å²) in [7, 11) is 4.07. The van der Waals surface area contributed by atoms with Crippen LogP contribution in [0.1, 0.15) is 45.4 Å². The summed E-state index contributed by atoms with van der Waals surface area (Å²) in [5.41, 5.74) is 0. The van der Waals surface area contributed by atoms with E-state index in [1.54, 1.807) is 0 Å². The minimum absolute atomic E-state index is 0. The van der Waals surface area contributed by atoms with Crippen LogP contribution in [0.4, 0.5) is 0 Å². The molecule has 20 heavy (non-hydrogen) atoms. The second-order valence-electron chi connectivity index (χ2n) is 5.71. The highest BCUT2D eigenvalue weighted by Crippen LogP contribution is 2.13. The molecule has 1 heterocycles. The molecule has 0 aliphatic carbocycles. The largest absolute Gasteiger partial charge is 0.356 e. The average molecular weight is 396 g/mol. The molecule has 1 unspecified atom stereocenters. The molecular weight excluding hydrogens is 363 g/mol. The first-order chi connectivity index (χ1) is 9.26. The van der Waals surface area contributed by atoms with Gasteiger partial charge in [-0.2, -0.15) is 0 Å². The number of aliphatic imine (C=N–C) groups is 1. The second kappa shape index (κ2) is 12.7. The molecule has 4 nitrogen and oxygen atoms in total. The van der Waals surface area contributed by atoms with Crippen LogP contribution in [-0.2, 0) is 0 Å². The predicted octanol–water partition coefficient (Wildman–Crippen LogP) is 2.69. The Morgan fingerprint density at radius 2 is 2.05 bits per heavy atom. The Morgan fingerprint density at radius 3 is 2.70 bits per heavy atom. The van der Waals surface area contributed by atoms with E-state index in [0.29, 0.717) is 0 Å². The number of unbranched alkanes of at least 4 members (excludes halogenated alkanes) is 3. The molecule has 0 aromatic heterocycles. The third-order valence-electron chi connectivity index (χ3n) is 3.83. The smallest absolute Gasteiger partial charge is 0.190 e. The van der Waals surface area contributed by atoms with Crippen molar-refractivity contribution in [3.8, 4) is 0 Å². The van der Waals surface area contributed by atoms with E-state index < -0.39 is 0 Å². The zero-order chi connectivity index (χ0) is 13.9. The highest BCUT2D eigenvalue weighted by molar-refractivity contribution is 14.0. The van der Waals surface area contributed by atoms with Crippen LogP contribution >= 0.6 is 24.0 Å². The molecule has 1 aliphatic heterocycles. The molecule has 0 bridgehead atoms. The van der Waals surface area contributed by atoms with Crippen LogP contribution in [0.3, 0.4) is 0 Å². The van der Waals surface area contributed by atoms with Crippen molar-refractivity contribution in [1.82, 2.24) is 15.5 Å². The maximum absolute atomic E-state index is 4.29. The Morgan fingerprint density at radius 1 is 1.25 bits per heavy atom. The summed E-state index contributed by atoms with van der Waals surface area (Å²) < 4.78 is 0. The topological polar surface area (TPSA) is 39.7 Å². The molecule has 0 spiro atoms. The number of guanidine groups is 1. The molecule has 2 N–H and O–H groups in total. The molecule has 5 heteroatoms. The summed E-state index contributed by atoms with van der Waals surface area (Å²) in [4.78, 5) is 6.72. The van der Waals surface area contributed by atoms with E-state index in [2.05, 4.69) is 34.5 Å². The standard InChI is InChI=1S/C15H32N4.HI/c1-4-5-6-7-10-17-15(16-2)18-12-14-9-8-11-19(3)13-14;/h14H,4-13H2,1-3H3,(H2,16,17,18);1H. The number of hydrogen-bond donors (Lipinski definition) is 2. The molecule has 1 fully saturated rings. The summed E-state index contributed by atoms with van der Waals surface area (Å²) in [6, 6.07) is 0. The van der Waals surface area contributed by atoms with Gasteiger partial charge in [-0.1, -0.05) is 26.2 Å². The number of halogens is 1. The Balaban J connectivity index is 0.00000361. The lowest BCUT2D eigenvalue weighted by Gasteiger charge is -2.30. The van der Waals surface area contributed by atoms with E-state index in [-0.39, 0.29) is 24.0 Å². The first-order valence-corrected chi connectivity index (χ1v) is 7.89. The Hall–Kier alpha value is -0.0400. The third-order valence-corrected chi connectivity index (χ3v) is 3.83. The summed E-state index contributed by atoms with van der Waals surface area (Å²) in [6.45, 7) is 6.78. The van der Waals surface area contributed by atoms with Gasteiger partial charge in [-0.05, 0) is 38.8 Å². The normalized spacial score (nSPS) is 20.4. The molecule has 1 atom stereocenters. The van der Waals surface area contributed by atoms with Crippen LogP contribution in [0, 0.1) is 5.92 Å². The number of piperidine rings is 1. The number of nitrogens with zero attached hydrogens (tertiary/aromatic N) is 2. The van der Waals surface area contributed by atoms with Crippen molar-refractivity contribution >= 4 is 29.9 Å². The lowest BCUT2D eigenvalue weighted by molar-refractivity contribution is 0.210. The lowest BCUT2D eigenvalue weighted by atomic mass is 9.99. The van der Waals surface area contributed by atoms with Gasteiger partial charge >= 0.3 is 0 Å². The van der Waals surface area contributed by atoms with Gasteiger partial charge < -0.3 is 15.5 Å². The highest BCUT2D eigenvalue weighted by atomic mass is 127. The number of rotatable bonds is 7. The predicted molar refractivity (Wildman–Crippen MR) is 99.1 cm³/mol. The fourth-order valence-electron chi connectivity index (χ4n) is 2.66. The quantitative estimate of drug-likeness (QED) is 0.301. The monoisotopic (exact) mass is 396 g/mol. The number of nitrogens with one attached hydrogen (secondary N) is 2. The molecule has 1 aliphatic rings. The Bertz CT molecular complexity index is 258. The van der Waals surface area contributed by atoms with Crippen molar-refractivity contribution in [3.63, 3.8) is 0 Å². The molecule has 0 saturated carbocycles. The zero-order valence-electron chi connectivity index (χ0n) is 13.5. The second-order valence-corrected chi connectivity index (χ2v) is 5.71. The molecule has 0 radical (unpaired) electrons. The first kappa shape index (κ1) is 20.0. The van der Waals surface area contributed by atoms with Crippen LogP contribution in [0.5, 0.6) is 0 Å². The summed E-state index contributed by atoms with van der Waals surface area (Å²) in [6.07, 6.45) is 7.84. The van der Waals surface area contributed by atoms with E-state index in [4.69, 9.17) is 0 Å². The van der Waals surface area contributed by atoms with Gasteiger partial charge in [0.15, 0.2) is 5.96 Å². The molecule has 1 rings (SSSR count). The van der Waals surface area contributed by atoms with E-state index in [9.17, 15) is 0 Å². The fourth-order valence-corrected chi connectivity index (χ4v) is 2.66. The van der Waals surface area contributed by atoms with Gasteiger partial charge in [-0.3, -0.25) is 4.99 Å². The SMILES string of the molecule is CCCCCCNC(=NC)NCC1CCCN(C)C1.I. The van der Waals surface area contributed by atoms with E-state index in [1.807, 2.05) is 7.05 Å². The fraction of sp³-hybridized carbons (Fsp3) is 0.933. The van der Waals surface area contributed by atoms with Gasteiger partial charge in [0.2, 0.25) is 0 Å². The maximum Gasteiger partial charge on any atom is 0.190 e. The van der Waals surface area contributed by atoms with Crippen molar-refractivity contribution in [2.75, 3.05) is 40.3 Å². The van der Waals surface area contributed by atoms with Crippen LogP contribution < -0.4 is 10.6 Å². The molecule has 0 aromatic rings. The maximum atomic E-state index is 4.29. The van der Waals surface area contributed by atoms with Crippen LogP contribution in [0.25, 0.3) is 0 Å². The van der Waals surface area contributed by atoms with Crippen molar-refractivity contribution in [2.45, 2.75) is 45.4 Å². The minimum atomic E-state index is 0. The molecule has 0 aromatic carbocycles. The lowest BCUT2D eigenvalue weighted by Crippen LogP contribution is -2.43. The molecule has 0 amide bonds. The van der Waals surface area contributed by atoms with Crippen LogP contribution in [0.15, 0.2) is 4.99 Å². The molecule has 120 valence electrons. The number of hydrogen-bond acceptors (Lipinski definition) is 2. The zero-order valence-corrected chi connectivity index (χ0v) is 15.8. The van der Waals surface area contributed by atoms with Crippen molar-refractivity contribution in [3.05, 3.63) is 0 Å². The van der Waals surface area contributed by atoms with Crippen molar-refractivity contribution in [1.29, 1.82) is 0 Å². The molecular formula is C15H33IN4. The summed E-state index contributed by atoms with van der Waals surface area (Å²) >= 11 is 0. The van der Waals surface area contributed by atoms with Gasteiger partial charge in [-0.15, -0.1) is 24.0 Å². The van der Waals surface area contributed by atoms with Crippen LogP contribution in [0.2, 0.25) is 0 Å². The van der Waals surface area contributed by atoms with Gasteiger partial charge in [0.05, 0.1) is 0 Å². The van der Waals surface area contributed by atoms with E-state index >= 15 is 0 Å². The highest BCUT2D eigenvalue weighted by Gasteiger charge is 2.16. The Kier molecular flexibility index (Phi) is 12.7. The van der Waals surface area contributed by atoms with E-state index in [0.717, 1.165) is 25.0 Å². The van der Waals surface area contributed by atoms with Crippen LogP contribution in [-0.4, -0.2) is 51.1 Å². The van der Waals surface area contributed by atoms with Gasteiger partial charge in [-0.25, -0.2) is 0 Å². The first-order valence-electron chi connectivity index (χ1n) is 7.89. The van der Waals surface area contributed by atoms with Gasteiger partial charge in [0, 0.05) is 26.7 Å². The molecule has 1 saturated heterocycles.